The number of likely N-dealkylation sites (N-methyl/N-ethyl adjacent to an activating group) is 1. The van der Waals surface area contributed by atoms with Crippen molar-refractivity contribution in [3.63, 3.8) is 0 Å². The van der Waals surface area contributed by atoms with E-state index in [9.17, 15) is 10.1 Å². The van der Waals surface area contributed by atoms with E-state index in [4.69, 9.17) is 0 Å². The Morgan fingerprint density at radius 3 is 2.20 bits per heavy atom. The van der Waals surface area contributed by atoms with Crippen LogP contribution in [0.1, 0.15) is 11.5 Å². The monoisotopic (exact) mass is 264 g/mol. The third-order valence-electron chi connectivity index (χ3n) is 3.17. The van der Waals surface area contributed by atoms with Gasteiger partial charge in [0, 0.05) is 12.7 Å². The Morgan fingerprint density at radius 2 is 1.65 bits per heavy atom. The fraction of sp³-hybridized carbons (Fsp3) is 0.176. The first-order valence-electron chi connectivity index (χ1n) is 6.46. The molecule has 0 aromatic heterocycles. The van der Waals surface area contributed by atoms with Crippen LogP contribution in [-0.2, 0) is 4.79 Å². The molecule has 2 rings (SSSR count). The molecule has 3 heteroatoms. The second-order valence-corrected chi connectivity index (χ2v) is 4.63. The summed E-state index contributed by atoms with van der Waals surface area (Å²) in [4.78, 5) is 14.2. The van der Waals surface area contributed by atoms with Crippen LogP contribution in [0.2, 0.25) is 0 Å². The number of para-hydroxylation sites is 1. The number of hydrogen-bond acceptors (Lipinski definition) is 3. The molecule has 0 heterocycles. The molecule has 0 aliphatic rings. The van der Waals surface area contributed by atoms with Gasteiger partial charge in [-0.3, -0.25) is 4.79 Å². The second-order valence-electron chi connectivity index (χ2n) is 4.63. The highest BCUT2D eigenvalue weighted by Gasteiger charge is 2.21. The Morgan fingerprint density at radius 1 is 1.10 bits per heavy atom. The van der Waals surface area contributed by atoms with Crippen molar-refractivity contribution >= 4 is 11.5 Å². The molecule has 1 atom stereocenters. The summed E-state index contributed by atoms with van der Waals surface area (Å²) in [5.74, 6) is -0.799. The number of rotatable bonds is 5. The van der Waals surface area contributed by atoms with Crippen LogP contribution in [0.15, 0.2) is 60.7 Å². The van der Waals surface area contributed by atoms with Gasteiger partial charge in [0.1, 0.15) is 5.92 Å². The van der Waals surface area contributed by atoms with E-state index >= 15 is 0 Å². The number of nitrogens with zero attached hydrogens (tertiary/aromatic N) is 2. The zero-order valence-electron chi connectivity index (χ0n) is 11.4. The minimum absolute atomic E-state index is 0.0925. The minimum Gasteiger partial charge on any atom is -0.367 e. The summed E-state index contributed by atoms with van der Waals surface area (Å²) in [6, 6.07) is 20.9. The first kappa shape index (κ1) is 13.8. The molecule has 0 spiro atoms. The maximum absolute atomic E-state index is 12.3. The molecule has 0 amide bonds. The molecule has 0 N–H and O–H groups in total. The van der Waals surface area contributed by atoms with E-state index in [1.807, 2.05) is 72.6 Å². The molecule has 3 nitrogen and oxygen atoms in total. The normalized spacial score (nSPS) is 11.4. The van der Waals surface area contributed by atoms with E-state index in [0.717, 1.165) is 11.3 Å². The van der Waals surface area contributed by atoms with E-state index in [-0.39, 0.29) is 12.3 Å². The molecule has 20 heavy (non-hydrogen) atoms. The van der Waals surface area contributed by atoms with Gasteiger partial charge in [0.15, 0.2) is 5.78 Å². The van der Waals surface area contributed by atoms with Gasteiger partial charge in [-0.2, -0.15) is 5.26 Å². The first-order chi connectivity index (χ1) is 9.72. The smallest absolute Gasteiger partial charge is 0.173 e. The topological polar surface area (TPSA) is 44.1 Å². The summed E-state index contributed by atoms with van der Waals surface area (Å²) in [6.45, 7) is 0.219. The van der Waals surface area contributed by atoms with Crippen LogP contribution in [0.3, 0.4) is 0 Å². The average molecular weight is 264 g/mol. The van der Waals surface area contributed by atoms with Crippen molar-refractivity contribution in [1.82, 2.24) is 0 Å². The number of carbonyl (C=O) groups excluding carboxylic acids is 1. The lowest BCUT2D eigenvalue weighted by Crippen LogP contribution is -2.28. The number of carbonyl (C=O) groups is 1. The summed E-state index contributed by atoms with van der Waals surface area (Å²) in [7, 11) is 1.85. The van der Waals surface area contributed by atoms with Crippen LogP contribution in [0.25, 0.3) is 0 Å². The third-order valence-corrected chi connectivity index (χ3v) is 3.17. The van der Waals surface area contributed by atoms with Crippen molar-refractivity contribution in [3.8, 4) is 6.07 Å². The van der Waals surface area contributed by atoms with Gasteiger partial charge in [-0.25, -0.2) is 0 Å². The van der Waals surface area contributed by atoms with Crippen LogP contribution in [0.4, 0.5) is 5.69 Å². The highest BCUT2D eigenvalue weighted by Crippen LogP contribution is 2.18. The Labute approximate surface area is 119 Å². The Hall–Kier alpha value is -2.60. The van der Waals surface area contributed by atoms with Crippen molar-refractivity contribution in [2.24, 2.45) is 0 Å². The predicted molar refractivity (Wildman–Crippen MR) is 79.5 cm³/mol. The molecule has 0 bridgehead atoms. The SMILES string of the molecule is CN(CC(=O)[C@H](C#N)c1ccccc1)c1ccccc1. The largest absolute Gasteiger partial charge is 0.367 e. The zero-order valence-corrected chi connectivity index (χ0v) is 11.4. The average Bonchev–Trinajstić information content (AvgIpc) is 2.50. The third kappa shape index (κ3) is 3.24. The molecule has 100 valence electrons. The Bertz CT molecular complexity index is 602. The molecule has 0 radical (unpaired) electrons. The van der Waals surface area contributed by atoms with Crippen molar-refractivity contribution < 1.29 is 4.79 Å². The standard InChI is InChI=1S/C17H16N2O/c1-19(15-10-6-3-7-11-15)13-17(20)16(12-18)14-8-4-2-5-9-14/h2-11,16H,13H2,1H3/t16-/m1/s1. The molecule has 0 unspecified atom stereocenters. The molecular formula is C17H16N2O. The fourth-order valence-corrected chi connectivity index (χ4v) is 2.08. The lowest BCUT2D eigenvalue weighted by molar-refractivity contribution is -0.118. The lowest BCUT2D eigenvalue weighted by Gasteiger charge is -2.19. The van der Waals surface area contributed by atoms with Gasteiger partial charge in [-0.05, 0) is 17.7 Å². The Kier molecular flexibility index (Phi) is 4.52. The van der Waals surface area contributed by atoms with E-state index in [2.05, 4.69) is 6.07 Å². The maximum Gasteiger partial charge on any atom is 0.173 e. The highest BCUT2D eigenvalue weighted by molar-refractivity contribution is 5.92. The van der Waals surface area contributed by atoms with E-state index < -0.39 is 5.92 Å². The molecule has 0 saturated carbocycles. The number of ketones is 1. The lowest BCUT2D eigenvalue weighted by atomic mass is 9.96. The number of anilines is 1. The maximum atomic E-state index is 12.3. The van der Waals surface area contributed by atoms with Crippen LogP contribution >= 0.6 is 0 Å². The molecule has 0 fully saturated rings. The predicted octanol–water partition coefficient (Wildman–Crippen LogP) is 3.00. The molecule has 0 saturated heterocycles. The summed E-state index contributed by atoms with van der Waals surface area (Å²) in [5, 5.41) is 9.24. The van der Waals surface area contributed by atoms with Crippen LogP contribution in [0, 0.1) is 11.3 Å². The summed E-state index contributed by atoms with van der Waals surface area (Å²) >= 11 is 0. The van der Waals surface area contributed by atoms with Crippen LogP contribution < -0.4 is 4.90 Å². The summed E-state index contributed by atoms with van der Waals surface area (Å²) in [6.07, 6.45) is 0. The van der Waals surface area contributed by atoms with Gasteiger partial charge in [0.25, 0.3) is 0 Å². The van der Waals surface area contributed by atoms with E-state index in [1.54, 1.807) is 0 Å². The quantitative estimate of drug-likeness (QED) is 0.833. The van der Waals surface area contributed by atoms with Gasteiger partial charge in [-0.15, -0.1) is 0 Å². The van der Waals surface area contributed by atoms with Crippen LogP contribution in [0.5, 0.6) is 0 Å². The van der Waals surface area contributed by atoms with Gasteiger partial charge in [-0.1, -0.05) is 48.5 Å². The second kappa shape index (κ2) is 6.53. The Balaban J connectivity index is 2.10. The number of benzene rings is 2. The first-order valence-corrected chi connectivity index (χ1v) is 6.46. The van der Waals surface area contributed by atoms with E-state index in [1.165, 1.54) is 0 Å². The number of hydrogen-bond donors (Lipinski definition) is 0. The van der Waals surface area contributed by atoms with Gasteiger partial charge >= 0.3 is 0 Å². The molecule has 2 aromatic rings. The summed E-state index contributed by atoms with van der Waals surface area (Å²) in [5.41, 5.74) is 1.71. The minimum atomic E-state index is -0.706. The number of Topliss-reactive ketones (excluding diaryl/α,β-unsaturated/α-hetero) is 1. The highest BCUT2D eigenvalue weighted by atomic mass is 16.1. The van der Waals surface area contributed by atoms with Crippen molar-refractivity contribution in [2.75, 3.05) is 18.5 Å². The summed E-state index contributed by atoms with van der Waals surface area (Å²) < 4.78 is 0. The molecule has 2 aromatic carbocycles. The molecule has 0 aliphatic heterocycles. The number of nitriles is 1. The van der Waals surface area contributed by atoms with Crippen molar-refractivity contribution in [3.05, 3.63) is 66.2 Å². The molecular weight excluding hydrogens is 248 g/mol. The fourth-order valence-electron chi connectivity index (χ4n) is 2.08. The van der Waals surface area contributed by atoms with Crippen molar-refractivity contribution in [1.29, 1.82) is 5.26 Å². The van der Waals surface area contributed by atoms with Gasteiger partial charge in [0.2, 0.25) is 0 Å². The van der Waals surface area contributed by atoms with Gasteiger partial charge < -0.3 is 4.90 Å². The van der Waals surface area contributed by atoms with Crippen LogP contribution in [-0.4, -0.2) is 19.4 Å². The van der Waals surface area contributed by atoms with Gasteiger partial charge in [0.05, 0.1) is 12.6 Å². The zero-order chi connectivity index (χ0) is 14.4. The molecule has 0 aliphatic carbocycles. The van der Waals surface area contributed by atoms with E-state index in [0.29, 0.717) is 0 Å². The van der Waals surface area contributed by atoms with Crippen molar-refractivity contribution in [2.45, 2.75) is 5.92 Å².